The van der Waals surface area contributed by atoms with Crippen LogP contribution in [0.25, 0.3) is 11.1 Å². The monoisotopic (exact) mass is 541 g/mol. The molecule has 0 aliphatic heterocycles. The van der Waals surface area contributed by atoms with Gasteiger partial charge in [-0.2, -0.15) is 0 Å². The lowest BCUT2D eigenvalue weighted by molar-refractivity contribution is -0.150. The van der Waals surface area contributed by atoms with Gasteiger partial charge in [-0.25, -0.2) is 0 Å². The van der Waals surface area contributed by atoms with Crippen LogP contribution in [0, 0.1) is 5.92 Å². The molecule has 37 heavy (non-hydrogen) atoms. The van der Waals surface area contributed by atoms with E-state index in [1.165, 1.54) is 0 Å². The number of hydrogen-bond acceptors (Lipinski definition) is 5. The zero-order valence-electron chi connectivity index (χ0n) is 21.4. The molecule has 3 aromatic rings. The number of rotatable bonds is 12. The van der Waals surface area contributed by atoms with E-state index in [0.717, 1.165) is 22.3 Å². The predicted molar refractivity (Wildman–Crippen MR) is 149 cm³/mol. The lowest BCUT2D eigenvalue weighted by atomic mass is 9.98. The Balaban J connectivity index is 1.74. The zero-order valence-corrected chi connectivity index (χ0v) is 22.9. The molecule has 0 spiro atoms. The summed E-state index contributed by atoms with van der Waals surface area (Å²) in [5, 5.41) is 4.36. The van der Waals surface area contributed by atoms with Gasteiger partial charge in [-0.05, 0) is 66.1 Å². The Morgan fingerprint density at radius 3 is 2.00 bits per heavy atom. The maximum absolute atomic E-state index is 13.0. The average Bonchev–Trinajstić information content (AvgIpc) is 2.86. The molecule has 5 nitrogen and oxygen atoms in total. The second-order valence-electron chi connectivity index (χ2n) is 9.31. The van der Waals surface area contributed by atoms with Gasteiger partial charge < -0.3 is 9.47 Å². The minimum Gasteiger partial charge on any atom is -0.465 e. The Morgan fingerprint density at radius 2 is 1.41 bits per heavy atom. The van der Waals surface area contributed by atoms with Crippen molar-refractivity contribution in [3.05, 3.63) is 94.0 Å². The van der Waals surface area contributed by atoms with Crippen LogP contribution in [-0.4, -0.2) is 30.6 Å². The maximum Gasteiger partial charge on any atom is 0.323 e. The molecule has 0 saturated heterocycles. The molecule has 0 radical (unpaired) electrons. The molecule has 0 bridgehead atoms. The molecule has 7 heteroatoms. The maximum atomic E-state index is 13.0. The number of nitrogens with one attached hydrogen (secondary N) is 1. The van der Waals surface area contributed by atoms with Gasteiger partial charge in [0, 0.05) is 10.0 Å². The van der Waals surface area contributed by atoms with E-state index in [2.05, 4.69) is 5.32 Å². The van der Waals surface area contributed by atoms with E-state index < -0.39 is 18.1 Å². The van der Waals surface area contributed by atoms with Crippen molar-refractivity contribution in [1.82, 2.24) is 5.32 Å². The minimum atomic E-state index is -0.709. The van der Waals surface area contributed by atoms with Gasteiger partial charge in [0.25, 0.3) is 0 Å². The van der Waals surface area contributed by atoms with Crippen LogP contribution in [0.2, 0.25) is 10.0 Å². The summed E-state index contributed by atoms with van der Waals surface area (Å²) in [6.45, 7) is 6.24. The van der Waals surface area contributed by atoms with Gasteiger partial charge in [-0.3, -0.25) is 14.9 Å². The van der Waals surface area contributed by atoms with Gasteiger partial charge >= 0.3 is 11.9 Å². The molecule has 0 saturated carbocycles. The summed E-state index contributed by atoms with van der Waals surface area (Å²) in [5.41, 5.74) is 3.68. The van der Waals surface area contributed by atoms with E-state index in [4.69, 9.17) is 32.7 Å². The first kappa shape index (κ1) is 28.7. The molecule has 3 rings (SSSR count). The van der Waals surface area contributed by atoms with Gasteiger partial charge in [0.2, 0.25) is 0 Å². The lowest BCUT2D eigenvalue weighted by Crippen LogP contribution is -2.50. The van der Waals surface area contributed by atoms with Crippen molar-refractivity contribution in [3.63, 3.8) is 0 Å². The normalized spacial score (nSPS) is 12.7. The van der Waals surface area contributed by atoms with E-state index >= 15 is 0 Å². The standard InChI is InChI=1S/C30H33Cl2NO4/c1-4-36-29(34)28(15-21-10-12-23(13-11-21)24-16-25(31)18-26(32)17-24)33-27(14-20(2)3)30(35)37-19-22-8-6-5-7-9-22/h5-13,16-18,20,27-28,33H,4,14-15,19H2,1-3H3. The fraction of sp³-hybridized carbons (Fsp3) is 0.333. The van der Waals surface area contributed by atoms with Crippen LogP contribution in [0.1, 0.15) is 38.3 Å². The van der Waals surface area contributed by atoms with Crippen LogP contribution >= 0.6 is 23.2 Å². The van der Waals surface area contributed by atoms with E-state index in [9.17, 15) is 9.59 Å². The SMILES string of the molecule is CCOC(=O)C(Cc1ccc(-c2cc(Cl)cc(Cl)c2)cc1)NC(CC(C)C)C(=O)OCc1ccccc1. The van der Waals surface area contributed by atoms with Crippen LogP contribution < -0.4 is 5.32 Å². The van der Waals surface area contributed by atoms with Crippen LogP contribution in [0.5, 0.6) is 0 Å². The predicted octanol–water partition coefficient (Wildman–Crippen LogP) is 6.88. The zero-order chi connectivity index (χ0) is 26.8. The van der Waals surface area contributed by atoms with Crippen LogP contribution in [-0.2, 0) is 32.1 Å². The third-order valence-corrected chi connectivity index (χ3v) is 6.22. The van der Waals surface area contributed by atoms with E-state index in [1.807, 2.05) is 80.6 Å². The number of esters is 2. The lowest BCUT2D eigenvalue weighted by Gasteiger charge is -2.25. The Kier molecular flexibility index (Phi) is 11.0. The Bertz CT molecular complexity index is 1150. The summed E-state index contributed by atoms with van der Waals surface area (Å²) >= 11 is 12.3. The van der Waals surface area contributed by atoms with E-state index in [-0.39, 0.29) is 25.1 Å². The first-order chi connectivity index (χ1) is 17.7. The van der Waals surface area contributed by atoms with E-state index in [1.54, 1.807) is 13.0 Å². The summed E-state index contributed by atoms with van der Waals surface area (Å²) in [6, 6.07) is 21.4. The summed E-state index contributed by atoms with van der Waals surface area (Å²) in [6.07, 6.45) is 0.883. The highest BCUT2D eigenvalue weighted by Gasteiger charge is 2.29. The van der Waals surface area contributed by atoms with Crippen molar-refractivity contribution in [1.29, 1.82) is 0 Å². The summed E-state index contributed by atoms with van der Waals surface area (Å²) in [7, 11) is 0. The fourth-order valence-corrected chi connectivity index (χ4v) is 4.54. The Morgan fingerprint density at radius 1 is 0.784 bits per heavy atom. The number of hydrogen-bond donors (Lipinski definition) is 1. The van der Waals surface area contributed by atoms with E-state index in [0.29, 0.717) is 22.9 Å². The first-order valence-electron chi connectivity index (χ1n) is 12.4. The quantitative estimate of drug-likeness (QED) is 0.253. The number of ether oxygens (including phenoxy) is 2. The molecular formula is C30H33Cl2NO4. The van der Waals surface area contributed by atoms with Crippen molar-refractivity contribution in [2.24, 2.45) is 5.92 Å². The van der Waals surface area contributed by atoms with Gasteiger partial charge in [0.05, 0.1) is 6.61 Å². The Labute approximate surface area is 229 Å². The second kappa shape index (κ2) is 14.2. The average molecular weight is 543 g/mol. The highest BCUT2D eigenvalue weighted by molar-refractivity contribution is 6.35. The molecule has 0 fully saturated rings. The van der Waals surface area contributed by atoms with Gasteiger partial charge in [-0.15, -0.1) is 0 Å². The smallest absolute Gasteiger partial charge is 0.323 e. The molecule has 0 heterocycles. The molecule has 3 aromatic carbocycles. The number of carbonyl (C=O) groups is 2. The third-order valence-electron chi connectivity index (χ3n) is 5.78. The molecule has 0 aromatic heterocycles. The van der Waals surface area contributed by atoms with Gasteiger partial charge in [0.15, 0.2) is 0 Å². The van der Waals surface area contributed by atoms with Crippen molar-refractivity contribution in [2.75, 3.05) is 6.61 Å². The van der Waals surface area contributed by atoms with Crippen LogP contribution in [0.4, 0.5) is 0 Å². The molecule has 196 valence electrons. The van der Waals surface area contributed by atoms with Crippen molar-refractivity contribution < 1.29 is 19.1 Å². The molecule has 0 aliphatic carbocycles. The van der Waals surface area contributed by atoms with Gasteiger partial charge in [0.1, 0.15) is 18.7 Å². The highest BCUT2D eigenvalue weighted by atomic mass is 35.5. The minimum absolute atomic E-state index is 0.176. The van der Waals surface area contributed by atoms with Crippen LogP contribution in [0.15, 0.2) is 72.8 Å². The fourth-order valence-electron chi connectivity index (χ4n) is 4.02. The van der Waals surface area contributed by atoms with Crippen molar-refractivity contribution in [2.45, 2.75) is 52.3 Å². The first-order valence-corrected chi connectivity index (χ1v) is 13.2. The number of halogens is 2. The summed E-state index contributed by atoms with van der Waals surface area (Å²) < 4.78 is 10.9. The summed E-state index contributed by atoms with van der Waals surface area (Å²) in [4.78, 5) is 25.9. The topological polar surface area (TPSA) is 64.6 Å². The second-order valence-corrected chi connectivity index (χ2v) is 10.2. The molecular weight excluding hydrogens is 509 g/mol. The summed E-state index contributed by atoms with van der Waals surface area (Å²) in [5.74, 6) is -0.578. The molecule has 0 aliphatic rings. The van der Waals surface area contributed by atoms with Crippen molar-refractivity contribution in [3.8, 4) is 11.1 Å². The number of carbonyl (C=O) groups excluding carboxylic acids is 2. The Hall–Kier alpha value is -2.86. The molecule has 2 atom stereocenters. The number of benzene rings is 3. The van der Waals surface area contributed by atoms with Crippen LogP contribution in [0.3, 0.4) is 0 Å². The third kappa shape index (κ3) is 9.19. The highest BCUT2D eigenvalue weighted by Crippen LogP contribution is 2.27. The van der Waals surface area contributed by atoms with Crippen molar-refractivity contribution >= 4 is 35.1 Å². The van der Waals surface area contributed by atoms with Gasteiger partial charge in [-0.1, -0.05) is 91.6 Å². The molecule has 1 N–H and O–H groups in total. The molecule has 2 unspecified atom stereocenters. The molecule has 0 amide bonds. The largest absolute Gasteiger partial charge is 0.465 e.